The second kappa shape index (κ2) is 12.4. The molecule has 10 aromatic rings. The van der Waals surface area contributed by atoms with Crippen LogP contribution >= 0.6 is 0 Å². The van der Waals surface area contributed by atoms with Crippen molar-refractivity contribution in [2.45, 2.75) is 0 Å². The molecule has 0 fully saturated rings. The van der Waals surface area contributed by atoms with Gasteiger partial charge in [-0.1, -0.05) is 140 Å². The van der Waals surface area contributed by atoms with Crippen LogP contribution < -0.4 is 4.90 Å². The van der Waals surface area contributed by atoms with Crippen LogP contribution in [0.15, 0.2) is 199 Å². The third-order valence-corrected chi connectivity index (χ3v) is 10.1. The summed E-state index contributed by atoms with van der Waals surface area (Å²) < 4.78 is 6.30. The molecular weight excluding hydrogens is 633 g/mol. The molecular formula is C49H32N2O. The van der Waals surface area contributed by atoms with E-state index in [-0.39, 0.29) is 0 Å². The van der Waals surface area contributed by atoms with Crippen LogP contribution in [0.1, 0.15) is 0 Å². The minimum absolute atomic E-state index is 0.622. The van der Waals surface area contributed by atoms with E-state index in [1.165, 1.54) is 32.7 Å². The summed E-state index contributed by atoms with van der Waals surface area (Å²) in [5.41, 5.74) is 10.5. The summed E-state index contributed by atoms with van der Waals surface area (Å²) in [5.74, 6) is 0.622. The van der Waals surface area contributed by atoms with Crippen LogP contribution in [0.3, 0.4) is 0 Å². The third-order valence-electron chi connectivity index (χ3n) is 10.1. The lowest BCUT2D eigenvalue weighted by Crippen LogP contribution is -2.11. The highest BCUT2D eigenvalue weighted by Gasteiger charge is 2.21. The molecule has 0 aliphatic rings. The highest BCUT2D eigenvalue weighted by atomic mass is 16.3. The van der Waals surface area contributed by atoms with Crippen LogP contribution in [0.2, 0.25) is 0 Å². The monoisotopic (exact) mass is 664 g/mol. The first-order valence-electron chi connectivity index (χ1n) is 17.6. The first-order valence-corrected chi connectivity index (χ1v) is 17.6. The number of hydrogen-bond donors (Lipinski definition) is 0. The zero-order valence-electron chi connectivity index (χ0n) is 28.3. The first-order chi connectivity index (χ1) is 25.8. The van der Waals surface area contributed by atoms with Crippen LogP contribution in [0.4, 0.5) is 17.1 Å². The molecule has 1 heterocycles. The van der Waals surface area contributed by atoms with Gasteiger partial charge in [-0.25, -0.2) is 4.98 Å². The van der Waals surface area contributed by atoms with Gasteiger partial charge in [-0.2, -0.15) is 0 Å². The van der Waals surface area contributed by atoms with Gasteiger partial charge in [0, 0.05) is 27.6 Å². The van der Waals surface area contributed by atoms with Crippen molar-refractivity contribution in [1.82, 2.24) is 4.98 Å². The Bertz CT molecular complexity index is 2890. The molecule has 0 spiro atoms. The molecule has 3 nitrogen and oxygen atoms in total. The Balaban J connectivity index is 1.17. The van der Waals surface area contributed by atoms with E-state index < -0.39 is 0 Å². The third kappa shape index (κ3) is 5.02. The molecule has 10 rings (SSSR count). The highest BCUT2D eigenvalue weighted by Crippen LogP contribution is 2.45. The minimum atomic E-state index is 0.622. The van der Waals surface area contributed by atoms with E-state index in [1.807, 2.05) is 30.3 Å². The van der Waals surface area contributed by atoms with Crippen molar-refractivity contribution in [2.75, 3.05) is 4.90 Å². The molecule has 0 amide bonds. The molecule has 0 N–H and O–H groups in total. The normalized spacial score (nSPS) is 11.5. The fraction of sp³-hybridized carbons (Fsp3) is 0. The predicted octanol–water partition coefficient (Wildman–Crippen LogP) is 13.8. The van der Waals surface area contributed by atoms with Gasteiger partial charge in [0.15, 0.2) is 5.58 Å². The van der Waals surface area contributed by atoms with Crippen molar-refractivity contribution in [2.24, 2.45) is 0 Å². The summed E-state index contributed by atoms with van der Waals surface area (Å²) in [6.45, 7) is 0. The molecule has 244 valence electrons. The van der Waals surface area contributed by atoms with Gasteiger partial charge in [-0.05, 0) is 92.8 Å². The second-order valence-corrected chi connectivity index (χ2v) is 13.1. The Morgan fingerprint density at radius 2 is 1.00 bits per heavy atom. The first kappa shape index (κ1) is 29.9. The average molecular weight is 665 g/mol. The number of anilines is 3. The Morgan fingerprint density at radius 3 is 1.81 bits per heavy atom. The summed E-state index contributed by atoms with van der Waals surface area (Å²) in [4.78, 5) is 7.41. The molecule has 0 saturated carbocycles. The lowest BCUT2D eigenvalue weighted by molar-refractivity contribution is 0.620. The predicted molar refractivity (Wildman–Crippen MR) is 218 cm³/mol. The highest BCUT2D eigenvalue weighted by molar-refractivity contribution is 6.14. The van der Waals surface area contributed by atoms with Gasteiger partial charge in [0.1, 0.15) is 5.52 Å². The molecule has 3 heteroatoms. The minimum Gasteiger partial charge on any atom is -0.436 e. The number of benzene rings is 9. The SMILES string of the molecule is c1ccc(-c2nc3c(ccc4c(N(c5ccc(-c6cc7ccccc7c7ccccc67)cc5)c5ccccc5-c5ccccc5)cccc43)o2)cc1. The van der Waals surface area contributed by atoms with E-state index in [9.17, 15) is 0 Å². The molecule has 0 radical (unpaired) electrons. The molecule has 0 aliphatic carbocycles. The molecule has 0 saturated heterocycles. The van der Waals surface area contributed by atoms with Crippen molar-refractivity contribution < 1.29 is 4.42 Å². The Hall–Kier alpha value is -6.97. The van der Waals surface area contributed by atoms with Crippen molar-refractivity contribution in [3.05, 3.63) is 194 Å². The number of fused-ring (bicyclic) bond motifs is 6. The molecule has 0 atom stereocenters. The number of rotatable bonds is 6. The fourth-order valence-corrected chi connectivity index (χ4v) is 7.65. The quantitative estimate of drug-likeness (QED) is 0.166. The lowest BCUT2D eigenvalue weighted by atomic mass is 9.93. The van der Waals surface area contributed by atoms with Gasteiger partial charge in [0.05, 0.1) is 11.4 Å². The number of hydrogen-bond acceptors (Lipinski definition) is 3. The Kier molecular flexibility index (Phi) is 7.14. The van der Waals surface area contributed by atoms with Crippen molar-refractivity contribution >= 4 is 60.5 Å². The van der Waals surface area contributed by atoms with Crippen molar-refractivity contribution in [1.29, 1.82) is 0 Å². The number of para-hydroxylation sites is 1. The van der Waals surface area contributed by atoms with Gasteiger partial charge in [-0.3, -0.25) is 0 Å². The standard InChI is InChI=1S/C49H32N2O/c1-3-14-33(15-4-1)39-20-11-12-24-45(39)51(46-25-13-23-43-42(46)30-31-47-48(43)50-49(52-47)35-16-5-2-6-17-35)37-28-26-34(27-29-37)44-32-36-18-7-8-19-38(36)40-21-9-10-22-41(40)44/h1-32H. The second-order valence-electron chi connectivity index (χ2n) is 13.1. The molecule has 52 heavy (non-hydrogen) atoms. The molecule has 0 aliphatic heterocycles. The van der Waals surface area contributed by atoms with E-state index in [0.717, 1.165) is 55.6 Å². The van der Waals surface area contributed by atoms with Crippen LogP contribution in [0.25, 0.3) is 77.1 Å². The summed E-state index contributed by atoms with van der Waals surface area (Å²) in [5, 5.41) is 7.17. The maximum atomic E-state index is 6.30. The van der Waals surface area contributed by atoms with E-state index >= 15 is 0 Å². The van der Waals surface area contributed by atoms with Crippen LogP contribution in [0, 0.1) is 0 Å². The van der Waals surface area contributed by atoms with Gasteiger partial charge in [-0.15, -0.1) is 0 Å². The number of nitrogens with zero attached hydrogens (tertiary/aromatic N) is 2. The van der Waals surface area contributed by atoms with E-state index in [4.69, 9.17) is 9.40 Å². The summed E-state index contributed by atoms with van der Waals surface area (Å²) in [7, 11) is 0. The van der Waals surface area contributed by atoms with Gasteiger partial charge in [0.2, 0.25) is 5.89 Å². The van der Waals surface area contributed by atoms with Gasteiger partial charge < -0.3 is 9.32 Å². The maximum absolute atomic E-state index is 6.30. The van der Waals surface area contributed by atoms with Crippen molar-refractivity contribution in [3.63, 3.8) is 0 Å². The van der Waals surface area contributed by atoms with E-state index in [0.29, 0.717) is 5.89 Å². The van der Waals surface area contributed by atoms with E-state index in [1.54, 1.807) is 0 Å². The molecule has 0 bridgehead atoms. The van der Waals surface area contributed by atoms with E-state index in [2.05, 4.69) is 169 Å². The zero-order valence-corrected chi connectivity index (χ0v) is 28.3. The smallest absolute Gasteiger partial charge is 0.227 e. The Morgan fingerprint density at radius 1 is 0.385 bits per heavy atom. The topological polar surface area (TPSA) is 29.3 Å². The van der Waals surface area contributed by atoms with Crippen LogP contribution in [-0.4, -0.2) is 4.98 Å². The zero-order chi connectivity index (χ0) is 34.4. The summed E-state index contributed by atoms with van der Waals surface area (Å²) in [6, 6.07) is 68.8. The molecule has 0 unspecified atom stereocenters. The lowest BCUT2D eigenvalue weighted by Gasteiger charge is -2.29. The van der Waals surface area contributed by atoms with Crippen LogP contribution in [-0.2, 0) is 0 Å². The van der Waals surface area contributed by atoms with Gasteiger partial charge >= 0.3 is 0 Å². The van der Waals surface area contributed by atoms with Crippen LogP contribution in [0.5, 0.6) is 0 Å². The molecule has 9 aromatic carbocycles. The number of aromatic nitrogens is 1. The maximum Gasteiger partial charge on any atom is 0.227 e. The molecule has 1 aromatic heterocycles. The largest absolute Gasteiger partial charge is 0.436 e. The Labute approximate surface area is 301 Å². The summed E-state index contributed by atoms with van der Waals surface area (Å²) >= 11 is 0. The van der Waals surface area contributed by atoms with Crippen molar-refractivity contribution in [3.8, 4) is 33.7 Å². The van der Waals surface area contributed by atoms with Gasteiger partial charge in [0.25, 0.3) is 0 Å². The number of oxazole rings is 1. The summed E-state index contributed by atoms with van der Waals surface area (Å²) in [6.07, 6.45) is 0. The average Bonchev–Trinajstić information content (AvgIpc) is 3.67. The fourth-order valence-electron chi connectivity index (χ4n) is 7.65.